The predicted octanol–water partition coefficient (Wildman–Crippen LogP) is 6.98. The third-order valence-electron chi connectivity index (χ3n) is 7.00. The molecule has 1 N–H and O–H groups in total. The van der Waals surface area contributed by atoms with E-state index < -0.39 is 6.04 Å². The molecular formula is C33H35ClN2O2. The fourth-order valence-electron chi connectivity index (χ4n) is 4.72. The number of hydrogen-bond donors (Lipinski definition) is 1. The van der Waals surface area contributed by atoms with E-state index in [1.54, 1.807) is 4.90 Å². The Hall–Kier alpha value is -3.63. The van der Waals surface area contributed by atoms with Gasteiger partial charge in [0, 0.05) is 30.5 Å². The van der Waals surface area contributed by atoms with Crippen LogP contribution >= 0.6 is 11.6 Å². The van der Waals surface area contributed by atoms with Crippen molar-refractivity contribution in [3.05, 3.63) is 119 Å². The van der Waals surface area contributed by atoms with Crippen LogP contribution in [0, 0.1) is 0 Å². The molecule has 2 atom stereocenters. The van der Waals surface area contributed by atoms with Gasteiger partial charge < -0.3 is 10.2 Å². The molecule has 38 heavy (non-hydrogen) atoms. The molecule has 0 unspecified atom stereocenters. The van der Waals surface area contributed by atoms with Gasteiger partial charge in [-0.2, -0.15) is 0 Å². The third kappa shape index (κ3) is 7.23. The zero-order valence-corrected chi connectivity index (χ0v) is 22.8. The SMILES string of the molecule is CC[C@H](C)NC(=O)[C@H](Cc1ccccc1)N(Cc1cccc(Cl)c1)C(=O)CCc1cccc2ccccc12. The summed E-state index contributed by atoms with van der Waals surface area (Å²) in [4.78, 5) is 29.3. The molecular weight excluding hydrogens is 492 g/mol. The standard InChI is InChI=1S/C33H35ClN2O2/c1-3-24(2)35-33(38)31(22-25-11-5-4-6-12-25)36(23-26-13-9-17-29(34)21-26)32(37)20-19-28-16-10-15-27-14-7-8-18-30(27)28/h4-18,21,24,31H,3,19-20,22-23H2,1-2H3,(H,35,38)/t24-,31-/m0/s1. The molecule has 4 rings (SSSR count). The van der Waals surface area contributed by atoms with Gasteiger partial charge in [-0.05, 0) is 59.4 Å². The quantitative estimate of drug-likeness (QED) is 0.229. The molecule has 5 heteroatoms. The Morgan fingerprint density at radius 1 is 0.868 bits per heavy atom. The normalized spacial score (nSPS) is 12.6. The highest BCUT2D eigenvalue weighted by molar-refractivity contribution is 6.30. The van der Waals surface area contributed by atoms with E-state index in [0.717, 1.165) is 33.9 Å². The van der Waals surface area contributed by atoms with Crippen molar-refractivity contribution in [1.29, 1.82) is 0 Å². The summed E-state index contributed by atoms with van der Waals surface area (Å²) in [7, 11) is 0. The fourth-order valence-corrected chi connectivity index (χ4v) is 4.94. The van der Waals surface area contributed by atoms with Gasteiger partial charge in [0.15, 0.2) is 0 Å². The van der Waals surface area contributed by atoms with Crippen molar-refractivity contribution < 1.29 is 9.59 Å². The van der Waals surface area contributed by atoms with Crippen LogP contribution in [0.2, 0.25) is 5.02 Å². The Bertz CT molecular complexity index is 1370. The molecule has 0 bridgehead atoms. The molecule has 2 amide bonds. The largest absolute Gasteiger partial charge is 0.352 e. The molecule has 0 aliphatic rings. The average molecular weight is 527 g/mol. The van der Waals surface area contributed by atoms with Crippen LogP contribution in [0.1, 0.15) is 43.4 Å². The van der Waals surface area contributed by atoms with Gasteiger partial charge in [0.05, 0.1) is 0 Å². The van der Waals surface area contributed by atoms with Crippen molar-refractivity contribution in [3.8, 4) is 0 Å². The smallest absolute Gasteiger partial charge is 0.243 e. The molecule has 4 nitrogen and oxygen atoms in total. The fraction of sp³-hybridized carbons (Fsp3) is 0.273. The number of benzene rings is 4. The number of nitrogens with zero attached hydrogens (tertiary/aromatic N) is 1. The number of rotatable bonds is 11. The highest BCUT2D eigenvalue weighted by atomic mass is 35.5. The number of aryl methyl sites for hydroxylation is 1. The molecule has 0 aromatic heterocycles. The van der Waals surface area contributed by atoms with Crippen molar-refractivity contribution in [3.63, 3.8) is 0 Å². The van der Waals surface area contributed by atoms with Crippen LogP contribution < -0.4 is 5.32 Å². The first kappa shape index (κ1) is 27.4. The Kier molecular flexibility index (Phi) is 9.56. The van der Waals surface area contributed by atoms with Gasteiger partial charge in [0.1, 0.15) is 6.04 Å². The molecule has 4 aromatic rings. The van der Waals surface area contributed by atoms with E-state index in [9.17, 15) is 9.59 Å². The molecule has 196 valence electrons. The van der Waals surface area contributed by atoms with E-state index in [1.165, 1.54) is 0 Å². The summed E-state index contributed by atoms with van der Waals surface area (Å²) < 4.78 is 0. The van der Waals surface area contributed by atoms with E-state index in [-0.39, 0.29) is 17.9 Å². The zero-order valence-electron chi connectivity index (χ0n) is 22.1. The summed E-state index contributed by atoms with van der Waals surface area (Å²) in [6.07, 6.45) is 2.14. The molecule has 0 aliphatic carbocycles. The van der Waals surface area contributed by atoms with Gasteiger partial charge in [-0.3, -0.25) is 9.59 Å². The summed E-state index contributed by atoms with van der Waals surface area (Å²) >= 11 is 6.28. The molecule has 0 saturated carbocycles. The summed E-state index contributed by atoms with van der Waals surface area (Å²) in [6, 6.07) is 31.2. The van der Waals surface area contributed by atoms with Crippen molar-refractivity contribution >= 4 is 34.2 Å². The van der Waals surface area contributed by atoms with Crippen LogP contribution in [0.4, 0.5) is 0 Å². The molecule has 0 radical (unpaired) electrons. The summed E-state index contributed by atoms with van der Waals surface area (Å²) in [5.41, 5.74) is 3.03. The second-order valence-corrected chi connectivity index (χ2v) is 10.2. The lowest BCUT2D eigenvalue weighted by Gasteiger charge is -2.32. The summed E-state index contributed by atoms with van der Waals surface area (Å²) in [5.74, 6) is -0.193. The second kappa shape index (κ2) is 13.3. The minimum atomic E-state index is -0.648. The number of halogens is 1. The number of fused-ring (bicyclic) bond motifs is 1. The van der Waals surface area contributed by atoms with E-state index in [4.69, 9.17) is 11.6 Å². The maximum absolute atomic E-state index is 13.9. The van der Waals surface area contributed by atoms with Crippen molar-refractivity contribution in [2.75, 3.05) is 0 Å². The lowest BCUT2D eigenvalue weighted by molar-refractivity contribution is -0.141. The van der Waals surface area contributed by atoms with Crippen LogP contribution in [-0.2, 0) is 29.0 Å². The van der Waals surface area contributed by atoms with Crippen molar-refractivity contribution in [2.45, 2.75) is 58.2 Å². The van der Waals surface area contributed by atoms with Gasteiger partial charge >= 0.3 is 0 Å². The van der Waals surface area contributed by atoms with Crippen LogP contribution in [-0.4, -0.2) is 28.8 Å². The van der Waals surface area contributed by atoms with Gasteiger partial charge in [-0.15, -0.1) is 0 Å². The topological polar surface area (TPSA) is 49.4 Å². The summed E-state index contributed by atoms with van der Waals surface area (Å²) in [5, 5.41) is 6.04. The molecule has 0 heterocycles. The van der Waals surface area contributed by atoms with E-state index in [2.05, 4.69) is 29.6 Å². The number of carbonyl (C=O) groups is 2. The predicted molar refractivity (Wildman–Crippen MR) is 156 cm³/mol. The molecule has 0 spiro atoms. The van der Waals surface area contributed by atoms with Crippen LogP contribution in [0.3, 0.4) is 0 Å². The first-order valence-corrected chi connectivity index (χ1v) is 13.7. The van der Waals surface area contributed by atoms with Gasteiger partial charge in [0.2, 0.25) is 11.8 Å². The van der Waals surface area contributed by atoms with Crippen molar-refractivity contribution in [2.24, 2.45) is 0 Å². The maximum atomic E-state index is 13.9. The highest BCUT2D eigenvalue weighted by Gasteiger charge is 2.30. The van der Waals surface area contributed by atoms with Crippen molar-refractivity contribution in [1.82, 2.24) is 10.2 Å². The van der Waals surface area contributed by atoms with Crippen LogP contribution in [0.25, 0.3) is 10.8 Å². The van der Waals surface area contributed by atoms with Crippen LogP contribution in [0.15, 0.2) is 97.1 Å². The maximum Gasteiger partial charge on any atom is 0.243 e. The van der Waals surface area contributed by atoms with E-state index in [1.807, 2.05) is 86.6 Å². The van der Waals surface area contributed by atoms with E-state index in [0.29, 0.717) is 30.8 Å². The number of carbonyl (C=O) groups excluding carboxylic acids is 2. The molecule has 0 fully saturated rings. The van der Waals surface area contributed by atoms with Crippen LogP contribution in [0.5, 0.6) is 0 Å². The molecule has 4 aromatic carbocycles. The lowest BCUT2D eigenvalue weighted by Crippen LogP contribution is -2.52. The average Bonchev–Trinajstić information content (AvgIpc) is 2.94. The number of amides is 2. The van der Waals surface area contributed by atoms with Gasteiger partial charge in [-0.25, -0.2) is 0 Å². The minimum absolute atomic E-state index is 0.0135. The van der Waals surface area contributed by atoms with Gasteiger partial charge in [0.25, 0.3) is 0 Å². The van der Waals surface area contributed by atoms with Gasteiger partial charge in [-0.1, -0.05) is 103 Å². The second-order valence-electron chi connectivity index (χ2n) is 9.81. The Labute approximate surface area is 230 Å². The highest BCUT2D eigenvalue weighted by Crippen LogP contribution is 2.22. The minimum Gasteiger partial charge on any atom is -0.352 e. The third-order valence-corrected chi connectivity index (χ3v) is 7.24. The van der Waals surface area contributed by atoms with E-state index >= 15 is 0 Å². The molecule has 0 saturated heterocycles. The first-order valence-electron chi connectivity index (χ1n) is 13.3. The summed E-state index contributed by atoms with van der Waals surface area (Å²) in [6.45, 7) is 4.33. The monoisotopic (exact) mass is 526 g/mol. The molecule has 0 aliphatic heterocycles. The Morgan fingerprint density at radius 3 is 2.32 bits per heavy atom. The Balaban J connectivity index is 1.65. The zero-order chi connectivity index (χ0) is 26.9. The number of nitrogens with one attached hydrogen (secondary N) is 1. The Morgan fingerprint density at radius 2 is 1.55 bits per heavy atom. The number of hydrogen-bond acceptors (Lipinski definition) is 2. The lowest BCUT2D eigenvalue weighted by atomic mass is 9.99. The first-order chi connectivity index (χ1) is 18.4.